The van der Waals surface area contributed by atoms with Gasteiger partial charge in [-0.15, -0.1) is 0 Å². The molecule has 6 atom stereocenters. The predicted molar refractivity (Wildman–Crippen MR) is 96.3 cm³/mol. The van der Waals surface area contributed by atoms with Crippen LogP contribution in [-0.2, 0) is 14.3 Å². The highest BCUT2D eigenvalue weighted by Crippen LogP contribution is 2.46. The van der Waals surface area contributed by atoms with Crippen LogP contribution in [0.5, 0.6) is 0 Å². The standard InChI is InChI=1S/C21H32O3/c1-6-8-15-11-16-10-9-14(3)17(13-22)19(16)18(12-15)24-20(23)21(4,5)7-2/h6,8-10,13-19H,7,11-12H2,1-5H3/b8-6+. The largest absolute Gasteiger partial charge is 0.462 e. The highest BCUT2D eigenvalue weighted by Gasteiger charge is 2.46. The minimum absolute atomic E-state index is 0.0610. The molecule has 3 heteroatoms. The molecule has 3 nitrogen and oxygen atoms in total. The molecule has 6 unspecified atom stereocenters. The number of carbonyl (C=O) groups is 2. The monoisotopic (exact) mass is 332 g/mol. The molecule has 0 heterocycles. The van der Waals surface area contributed by atoms with E-state index in [1.165, 1.54) is 0 Å². The zero-order chi connectivity index (χ0) is 17.9. The zero-order valence-corrected chi connectivity index (χ0v) is 15.7. The molecule has 0 radical (unpaired) electrons. The van der Waals surface area contributed by atoms with Gasteiger partial charge in [0.2, 0.25) is 0 Å². The normalized spacial score (nSPS) is 36.4. The van der Waals surface area contributed by atoms with E-state index < -0.39 is 5.41 Å². The first-order valence-electron chi connectivity index (χ1n) is 9.31. The summed E-state index contributed by atoms with van der Waals surface area (Å²) in [7, 11) is 0. The fourth-order valence-electron chi connectivity index (χ4n) is 4.08. The molecule has 2 aliphatic carbocycles. The highest BCUT2D eigenvalue weighted by atomic mass is 16.5. The molecule has 0 aromatic carbocycles. The number of carbonyl (C=O) groups excluding carboxylic acids is 2. The maximum absolute atomic E-state index is 12.6. The van der Waals surface area contributed by atoms with Crippen molar-refractivity contribution in [3.05, 3.63) is 24.3 Å². The van der Waals surface area contributed by atoms with Crippen molar-refractivity contribution >= 4 is 12.3 Å². The van der Waals surface area contributed by atoms with Crippen molar-refractivity contribution in [1.82, 2.24) is 0 Å². The maximum atomic E-state index is 12.6. The second kappa shape index (κ2) is 7.67. The van der Waals surface area contributed by atoms with E-state index >= 15 is 0 Å². The number of fused-ring (bicyclic) bond motifs is 1. The molecule has 0 aromatic heterocycles. The molecule has 0 aliphatic heterocycles. The van der Waals surface area contributed by atoms with Crippen molar-refractivity contribution in [2.24, 2.45) is 35.0 Å². The third kappa shape index (κ3) is 3.81. The Bertz CT molecular complexity index is 517. The number of aldehydes is 1. The van der Waals surface area contributed by atoms with Crippen LogP contribution in [0.1, 0.15) is 53.9 Å². The SMILES string of the molecule is C/C=C/C1CC2C=CC(C)C(C=O)C2C(OC(=O)C(C)(C)CC)C1. The number of ether oxygens (including phenoxy) is 1. The lowest BCUT2D eigenvalue weighted by molar-refractivity contribution is -0.169. The molecule has 24 heavy (non-hydrogen) atoms. The maximum Gasteiger partial charge on any atom is 0.311 e. The molecule has 2 rings (SSSR count). The summed E-state index contributed by atoms with van der Waals surface area (Å²) < 4.78 is 6.01. The molecule has 1 saturated carbocycles. The van der Waals surface area contributed by atoms with E-state index in [1.807, 2.05) is 27.7 Å². The summed E-state index contributed by atoms with van der Waals surface area (Å²) in [6, 6.07) is 0. The Hall–Kier alpha value is -1.38. The highest BCUT2D eigenvalue weighted by molar-refractivity contribution is 5.76. The van der Waals surface area contributed by atoms with Gasteiger partial charge in [-0.05, 0) is 57.8 Å². The van der Waals surface area contributed by atoms with E-state index in [9.17, 15) is 9.59 Å². The second-order valence-electron chi connectivity index (χ2n) is 8.14. The molecule has 0 aromatic rings. The molecule has 0 N–H and O–H groups in total. The summed E-state index contributed by atoms with van der Waals surface area (Å²) in [6.45, 7) is 9.98. The average molecular weight is 332 g/mol. The molecule has 0 spiro atoms. The lowest BCUT2D eigenvalue weighted by Crippen LogP contribution is -2.47. The number of hydrogen-bond acceptors (Lipinski definition) is 3. The molecule has 1 fully saturated rings. The Labute approximate surface area is 146 Å². The van der Waals surface area contributed by atoms with Crippen LogP contribution in [-0.4, -0.2) is 18.4 Å². The van der Waals surface area contributed by atoms with E-state index in [0.717, 1.165) is 25.5 Å². The van der Waals surface area contributed by atoms with Gasteiger partial charge < -0.3 is 9.53 Å². The minimum Gasteiger partial charge on any atom is -0.462 e. The molecule has 2 aliphatic rings. The van der Waals surface area contributed by atoms with E-state index in [1.54, 1.807) is 0 Å². The van der Waals surface area contributed by atoms with Gasteiger partial charge in [0.05, 0.1) is 5.41 Å². The summed E-state index contributed by atoms with van der Waals surface area (Å²) >= 11 is 0. The molecule has 0 bridgehead atoms. The van der Waals surface area contributed by atoms with Gasteiger partial charge in [0.15, 0.2) is 0 Å². The number of allylic oxidation sites excluding steroid dienone is 4. The van der Waals surface area contributed by atoms with Crippen molar-refractivity contribution in [3.8, 4) is 0 Å². The van der Waals surface area contributed by atoms with Crippen molar-refractivity contribution < 1.29 is 14.3 Å². The van der Waals surface area contributed by atoms with Gasteiger partial charge in [-0.25, -0.2) is 0 Å². The third-order valence-corrected chi connectivity index (χ3v) is 6.06. The van der Waals surface area contributed by atoms with Gasteiger partial charge >= 0.3 is 5.97 Å². The van der Waals surface area contributed by atoms with Crippen molar-refractivity contribution in [3.63, 3.8) is 0 Å². The molecule has 134 valence electrons. The first-order chi connectivity index (χ1) is 11.3. The Morgan fingerprint density at radius 3 is 2.58 bits per heavy atom. The predicted octanol–water partition coefficient (Wildman–Crippen LogP) is 4.57. The van der Waals surface area contributed by atoms with E-state index in [4.69, 9.17) is 4.74 Å². The number of hydrogen-bond donors (Lipinski definition) is 0. The quantitative estimate of drug-likeness (QED) is 0.421. The Balaban J connectivity index is 2.28. The van der Waals surface area contributed by atoms with Crippen molar-refractivity contribution in [2.75, 3.05) is 0 Å². The van der Waals surface area contributed by atoms with Gasteiger partial charge in [-0.3, -0.25) is 4.79 Å². The van der Waals surface area contributed by atoms with Crippen LogP contribution in [0.3, 0.4) is 0 Å². The Morgan fingerprint density at radius 1 is 1.29 bits per heavy atom. The molecular weight excluding hydrogens is 300 g/mol. The Kier molecular flexibility index (Phi) is 6.06. The van der Waals surface area contributed by atoms with Crippen molar-refractivity contribution in [1.29, 1.82) is 0 Å². The second-order valence-corrected chi connectivity index (χ2v) is 8.14. The van der Waals surface area contributed by atoms with Crippen LogP contribution < -0.4 is 0 Å². The smallest absolute Gasteiger partial charge is 0.311 e. The molecular formula is C21H32O3. The van der Waals surface area contributed by atoms with E-state index in [-0.39, 0.29) is 29.8 Å². The van der Waals surface area contributed by atoms with Gasteiger partial charge in [0, 0.05) is 11.8 Å². The van der Waals surface area contributed by atoms with Crippen LogP contribution in [0.2, 0.25) is 0 Å². The molecule has 0 saturated heterocycles. The van der Waals surface area contributed by atoms with Gasteiger partial charge in [0.25, 0.3) is 0 Å². The number of esters is 1. The van der Waals surface area contributed by atoms with Crippen LogP contribution in [0.25, 0.3) is 0 Å². The van der Waals surface area contributed by atoms with Gasteiger partial charge in [-0.1, -0.05) is 38.2 Å². The summed E-state index contributed by atoms with van der Waals surface area (Å²) in [5.41, 5.74) is -0.476. The average Bonchev–Trinajstić information content (AvgIpc) is 2.55. The van der Waals surface area contributed by atoms with Crippen LogP contribution in [0.4, 0.5) is 0 Å². The topological polar surface area (TPSA) is 43.4 Å². The summed E-state index contributed by atoms with van der Waals surface area (Å²) in [5, 5.41) is 0. The lowest BCUT2D eigenvalue weighted by Gasteiger charge is -2.46. The van der Waals surface area contributed by atoms with Crippen LogP contribution in [0.15, 0.2) is 24.3 Å². The first-order valence-corrected chi connectivity index (χ1v) is 9.31. The fourth-order valence-corrected chi connectivity index (χ4v) is 4.08. The summed E-state index contributed by atoms with van der Waals surface area (Å²) in [4.78, 5) is 24.4. The van der Waals surface area contributed by atoms with Crippen LogP contribution >= 0.6 is 0 Å². The van der Waals surface area contributed by atoms with Crippen molar-refractivity contribution in [2.45, 2.75) is 60.0 Å². The van der Waals surface area contributed by atoms with E-state index in [2.05, 4.69) is 31.2 Å². The summed E-state index contributed by atoms with van der Waals surface area (Å²) in [6.07, 6.45) is 12.2. The van der Waals surface area contributed by atoms with Crippen LogP contribution in [0, 0.1) is 35.0 Å². The third-order valence-electron chi connectivity index (χ3n) is 6.06. The first kappa shape index (κ1) is 19.0. The zero-order valence-electron chi connectivity index (χ0n) is 15.7. The molecule has 0 amide bonds. The number of rotatable bonds is 5. The van der Waals surface area contributed by atoms with Gasteiger partial charge in [-0.2, -0.15) is 0 Å². The van der Waals surface area contributed by atoms with Gasteiger partial charge in [0.1, 0.15) is 12.4 Å². The Morgan fingerprint density at radius 2 is 2.00 bits per heavy atom. The summed E-state index contributed by atoms with van der Waals surface area (Å²) in [5.74, 6) is 0.844. The minimum atomic E-state index is -0.476. The van der Waals surface area contributed by atoms with E-state index in [0.29, 0.717) is 11.8 Å². The lowest BCUT2D eigenvalue weighted by atomic mass is 9.62. The fraction of sp³-hybridized carbons (Fsp3) is 0.714.